The van der Waals surface area contributed by atoms with Crippen LogP contribution in [0.2, 0.25) is 0 Å². The number of hydrogen-bond donors (Lipinski definition) is 0. The lowest BCUT2D eigenvalue weighted by molar-refractivity contribution is -0.104. The van der Waals surface area contributed by atoms with Crippen molar-refractivity contribution < 1.29 is 9.59 Å². The first kappa shape index (κ1) is 9.86. The Morgan fingerprint density at radius 3 is 2.69 bits per heavy atom. The lowest BCUT2D eigenvalue weighted by Gasteiger charge is -1.98. The molecule has 0 aromatic carbocycles. The quantitative estimate of drug-likeness (QED) is 0.421. The first-order valence-corrected chi connectivity index (χ1v) is 4.75. The highest BCUT2D eigenvalue weighted by Gasteiger charge is 2.09. The van der Waals surface area contributed by atoms with Gasteiger partial charge in [0.05, 0.1) is 0 Å². The fourth-order valence-corrected chi connectivity index (χ4v) is 2.00. The Bertz CT molecular complexity index is 361. The molecule has 1 aromatic rings. The summed E-state index contributed by atoms with van der Waals surface area (Å²) in [6, 6.07) is 1.78. The Hall–Kier alpha value is -1.22. The van der Waals surface area contributed by atoms with E-state index in [1.165, 1.54) is 24.3 Å². The van der Waals surface area contributed by atoms with E-state index in [1.54, 1.807) is 6.07 Å². The topological polar surface area (TPSA) is 34.1 Å². The summed E-state index contributed by atoms with van der Waals surface area (Å²) in [4.78, 5) is 22.3. The third kappa shape index (κ3) is 2.12. The third-order valence-corrected chi connectivity index (χ3v) is 2.77. The van der Waals surface area contributed by atoms with Gasteiger partial charge in [-0.05, 0) is 36.9 Å². The van der Waals surface area contributed by atoms with Crippen LogP contribution in [-0.4, -0.2) is 12.1 Å². The molecule has 0 saturated carbocycles. The SMILES string of the molecule is CC(=O)c1ccsc1C(C)=CC=O. The summed E-state index contributed by atoms with van der Waals surface area (Å²) in [6.07, 6.45) is 2.21. The van der Waals surface area contributed by atoms with E-state index in [4.69, 9.17) is 0 Å². The van der Waals surface area contributed by atoms with Crippen molar-refractivity contribution in [1.29, 1.82) is 0 Å². The number of hydrogen-bond acceptors (Lipinski definition) is 3. The molecule has 0 radical (unpaired) electrons. The number of thiophene rings is 1. The van der Waals surface area contributed by atoms with Crippen LogP contribution in [-0.2, 0) is 4.79 Å². The number of rotatable bonds is 3. The minimum atomic E-state index is 0.0369. The van der Waals surface area contributed by atoms with Crippen molar-refractivity contribution >= 4 is 29.0 Å². The normalized spacial score (nSPS) is 11.4. The van der Waals surface area contributed by atoms with Crippen molar-refractivity contribution in [3.63, 3.8) is 0 Å². The lowest BCUT2D eigenvalue weighted by Crippen LogP contribution is -1.92. The van der Waals surface area contributed by atoms with Crippen LogP contribution in [0.25, 0.3) is 5.57 Å². The molecule has 0 amide bonds. The lowest BCUT2D eigenvalue weighted by atomic mass is 10.1. The van der Waals surface area contributed by atoms with E-state index in [1.807, 2.05) is 12.3 Å². The predicted octanol–water partition coefficient (Wildman–Crippen LogP) is 2.55. The first-order chi connectivity index (χ1) is 6.16. The van der Waals surface area contributed by atoms with Gasteiger partial charge in [0, 0.05) is 10.4 Å². The highest BCUT2D eigenvalue weighted by molar-refractivity contribution is 7.11. The second kappa shape index (κ2) is 4.14. The molecule has 0 atom stereocenters. The monoisotopic (exact) mass is 194 g/mol. The maximum Gasteiger partial charge on any atom is 0.161 e. The van der Waals surface area contributed by atoms with Gasteiger partial charge in [-0.3, -0.25) is 9.59 Å². The van der Waals surface area contributed by atoms with E-state index < -0.39 is 0 Å². The van der Waals surface area contributed by atoms with E-state index in [9.17, 15) is 9.59 Å². The van der Waals surface area contributed by atoms with Gasteiger partial charge in [0.2, 0.25) is 0 Å². The zero-order valence-electron chi connectivity index (χ0n) is 7.53. The number of Topliss-reactive ketones (excluding diaryl/α,β-unsaturated/α-hetero) is 1. The second-order valence-corrected chi connectivity index (χ2v) is 3.62. The maximum absolute atomic E-state index is 11.1. The summed E-state index contributed by atoms with van der Waals surface area (Å²) in [6.45, 7) is 3.35. The van der Waals surface area contributed by atoms with Crippen LogP contribution >= 0.6 is 11.3 Å². The van der Waals surface area contributed by atoms with Crippen LogP contribution < -0.4 is 0 Å². The Labute approximate surface area is 80.9 Å². The van der Waals surface area contributed by atoms with Crippen LogP contribution in [0.3, 0.4) is 0 Å². The molecule has 0 fully saturated rings. The molecule has 0 unspecified atom stereocenters. The number of ketones is 1. The minimum absolute atomic E-state index is 0.0369. The van der Waals surface area contributed by atoms with Gasteiger partial charge in [-0.15, -0.1) is 11.3 Å². The Kier molecular flexibility index (Phi) is 3.14. The fraction of sp³-hybridized carbons (Fsp3) is 0.200. The molecule has 0 spiro atoms. The molecule has 1 rings (SSSR count). The minimum Gasteiger partial charge on any atom is -0.299 e. The summed E-state index contributed by atoms with van der Waals surface area (Å²) in [5.41, 5.74) is 1.54. The van der Waals surface area contributed by atoms with E-state index in [0.717, 1.165) is 16.7 Å². The molecule has 1 heterocycles. The van der Waals surface area contributed by atoms with Crippen molar-refractivity contribution in [2.75, 3.05) is 0 Å². The summed E-state index contributed by atoms with van der Waals surface area (Å²) in [5, 5.41) is 1.86. The maximum atomic E-state index is 11.1. The molecule has 68 valence electrons. The first-order valence-electron chi connectivity index (χ1n) is 3.87. The molecule has 0 bridgehead atoms. The number of aldehydes is 1. The highest BCUT2D eigenvalue weighted by Crippen LogP contribution is 2.24. The van der Waals surface area contributed by atoms with E-state index in [-0.39, 0.29) is 5.78 Å². The van der Waals surface area contributed by atoms with Gasteiger partial charge in [-0.1, -0.05) is 0 Å². The van der Waals surface area contributed by atoms with Gasteiger partial charge < -0.3 is 0 Å². The average molecular weight is 194 g/mol. The third-order valence-electron chi connectivity index (χ3n) is 1.72. The fourth-order valence-electron chi connectivity index (χ4n) is 1.07. The molecular weight excluding hydrogens is 184 g/mol. The molecule has 3 heteroatoms. The highest BCUT2D eigenvalue weighted by atomic mass is 32.1. The van der Waals surface area contributed by atoms with E-state index in [2.05, 4.69) is 0 Å². The molecule has 0 aliphatic rings. The van der Waals surface area contributed by atoms with E-state index in [0.29, 0.717) is 5.56 Å². The van der Waals surface area contributed by atoms with Gasteiger partial charge >= 0.3 is 0 Å². The van der Waals surface area contributed by atoms with Crippen LogP contribution in [0, 0.1) is 0 Å². The smallest absolute Gasteiger partial charge is 0.161 e. The second-order valence-electron chi connectivity index (χ2n) is 2.71. The molecular formula is C10H10O2S. The summed E-state index contributed by atoms with van der Waals surface area (Å²) < 4.78 is 0. The van der Waals surface area contributed by atoms with Crippen molar-refractivity contribution in [1.82, 2.24) is 0 Å². The van der Waals surface area contributed by atoms with Crippen molar-refractivity contribution in [2.24, 2.45) is 0 Å². The van der Waals surface area contributed by atoms with Gasteiger partial charge in [0.25, 0.3) is 0 Å². The average Bonchev–Trinajstić information content (AvgIpc) is 2.52. The molecule has 13 heavy (non-hydrogen) atoms. The molecule has 2 nitrogen and oxygen atoms in total. The van der Waals surface area contributed by atoms with Gasteiger partial charge in [0.1, 0.15) is 6.29 Å². The number of allylic oxidation sites excluding steroid dienone is 2. The van der Waals surface area contributed by atoms with Crippen LogP contribution in [0.15, 0.2) is 17.5 Å². The van der Waals surface area contributed by atoms with Crippen LogP contribution in [0.4, 0.5) is 0 Å². The van der Waals surface area contributed by atoms with Gasteiger partial charge in [0.15, 0.2) is 5.78 Å². The zero-order chi connectivity index (χ0) is 9.84. The summed E-state index contributed by atoms with van der Waals surface area (Å²) >= 11 is 1.48. The Morgan fingerprint density at radius 2 is 2.15 bits per heavy atom. The number of carbonyl (C=O) groups is 2. The number of carbonyl (C=O) groups excluding carboxylic acids is 2. The molecule has 1 aromatic heterocycles. The predicted molar refractivity (Wildman–Crippen MR) is 54.0 cm³/mol. The largest absolute Gasteiger partial charge is 0.299 e. The summed E-state index contributed by atoms with van der Waals surface area (Å²) in [7, 11) is 0. The Balaban J connectivity index is 3.14. The van der Waals surface area contributed by atoms with E-state index >= 15 is 0 Å². The van der Waals surface area contributed by atoms with Crippen LogP contribution in [0.1, 0.15) is 29.1 Å². The standard InChI is InChI=1S/C10H10O2S/c1-7(3-5-11)10-9(8(2)12)4-6-13-10/h3-6H,1-2H3. The van der Waals surface area contributed by atoms with Crippen LogP contribution in [0.5, 0.6) is 0 Å². The molecule has 0 N–H and O–H groups in total. The van der Waals surface area contributed by atoms with Gasteiger partial charge in [-0.25, -0.2) is 0 Å². The van der Waals surface area contributed by atoms with Crippen molar-refractivity contribution in [2.45, 2.75) is 13.8 Å². The van der Waals surface area contributed by atoms with Crippen molar-refractivity contribution in [3.05, 3.63) is 28.0 Å². The summed E-state index contributed by atoms with van der Waals surface area (Å²) in [5.74, 6) is 0.0369. The van der Waals surface area contributed by atoms with Crippen molar-refractivity contribution in [3.8, 4) is 0 Å². The molecule has 0 saturated heterocycles. The molecule has 0 aliphatic heterocycles. The van der Waals surface area contributed by atoms with Gasteiger partial charge in [-0.2, -0.15) is 0 Å². The zero-order valence-corrected chi connectivity index (χ0v) is 8.35. The molecule has 0 aliphatic carbocycles. The Morgan fingerprint density at radius 1 is 1.46 bits per heavy atom.